The molecule has 12 heteroatoms. The molecule has 152 valence electrons. The van der Waals surface area contributed by atoms with Crippen LogP contribution in [-0.4, -0.2) is 57.2 Å². The highest BCUT2D eigenvalue weighted by molar-refractivity contribution is 5.68. The van der Waals surface area contributed by atoms with Gasteiger partial charge in [0.25, 0.3) is 6.36 Å². The number of rotatable bonds is 5. The second-order valence-electron chi connectivity index (χ2n) is 7.06. The number of amides is 1. The molecule has 1 saturated heterocycles. The van der Waals surface area contributed by atoms with Gasteiger partial charge in [-0.3, -0.25) is 14.8 Å². The van der Waals surface area contributed by atoms with Crippen LogP contribution in [0.2, 0.25) is 0 Å². The minimum Gasteiger partial charge on any atom is -0.444 e. The number of aromatic nitrogens is 2. The average molecular weight is 394 g/mol. The van der Waals surface area contributed by atoms with Gasteiger partial charge in [0, 0.05) is 13.1 Å². The van der Waals surface area contributed by atoms with Crippen molar-refractivity contribution < 1.29 is 32.4 Å². The zero-order valence-electron chi connectivity index (χ0n) is 15.1. The maximum Gasteiger partial charge on any atom is 0.410 e. The van der Waals surface area contributed by atoms with E-state index >= 15 is 0 Å². The predicted molar refractivity (Wildman–Crippen MR) is 86.5 cm³/mol. The Hall–Kier alpha value is -2.53. The van der Waals surface area contributed by atoms with Crippen LogP contribution >= 0.6 is 0 Å². The summed E-state index contributed by atoms with van der Waals surface area (Å²) in [5.41, 5.74) is -1.33. The standard InChI is InChI=1S/C15H21F3N4O5/c1-15(2,3)27-14(23)20-6-4-9(5-7-20)21-8-10(22(24)25)13(19-21)26-12(18)11(16)17/h8-9,11-12H,4-7H2,1-3H3. The first kappa shape index (κ1) is 20.8. The number of nitrogens with zero attached hydrogens (tertiary/aromatic N) is 4. The third-order valence-electron chi connectivity index (χ3n) is 3.79. The second-order valence-corrected chi connectivity index (χ2v) is 7.06. The Labute approximate surface area is 153 Å². The summed E-state index contributed by atoms with van der Waals surface area (Å²) in [6.07, 6.45) is -5.10. The topological polar surface area (TPSA) is 99.7 Å². The highest BCUT2D eigenvalue weighted by atomic mass is 19.3. The van der Waals surface area contributed by atoms with Crippen LogP contribution in [0.5, 0.6) is 5.88 Å². The van der Waals surface area contributed by atoms with E-state index in [0.29, 0.717) is 25.9 Å². The molecule has 0 saturated carbocycles. The molecular weight excluding hydrogens is 373 g/mol. The van der Waals surface area contributed by atoms with Crippen molar-refractivity contribution in [2.24, 2.45) is 0 Å². The van der Waals surface area contributed by atoms with E-state index in [4.69, 9.17) is 4.74 Å². The van der Waals surface area contributed by atoms with Crippen molar-refractivity contribution in [2.75, 3.05) is 13.1 Å². The van der Waals surface area contributed by atoms with Crippen LogP contribution in [0.25, 0.3) is 0 Å². The molecule has 1 amide bonds. The Morgan fingerprint density at radius 1 is 1.33 bits per heavy atom. The largest absolute Gasteiger partial charge is 0.444 e. The van der Waals surface area contributed by atoms with Crippen LogP contribution in [0.15, 0.2) is 6.20 Å². The lowest BCUT2D eigenvalue weighted by atomic mass is 10.1. The summed E-state index contributed by atoms with van der Waals surface area (Å²) >= 11 is 0. The fourth-order valence-electron chi connectivity index (χ4n) is 2.56. The fraction of sp³-hybridized carbons (Fsp3) is 0.733. The number of likely N-dealkylation sites (tertiary alicyclic amines) is 1. The Kier molecular flexibility index (Phi) is 6.16. The number of hydrogen-bond acceptors (Lipinski definition) is 6. The third-order valence-corrected chi connectivity index (χ3v) is 3.79. The molecule has 1 fully saturated rings. The summed E-state index contributed by atoms with van der Waals surface area (Å²) < 4.78 is 48.4. The molecule has 1 atom stereocenters. The molecule has 1 aliphatic heterocycles. The molecule has 27 heavy (non-hydrogen) atoms. The van der Waals surface area contributed by atoms with Crippen molar-refractivity contribution in [3.63, 3.8) is 0 Å². The van der Waals surface area contributed by atoms with Gasteiger partial charge in [-0.1, -0.05) is 0 Å². The number of hydrogen-bond donors (Lipinski definition) is 0. The van der Waals surface area contributed by atoms with Gasteiger partial charge < -0.3 is 14.4 Å². The van der Waals surface area contributed by atoms with Crippen LogP contribution in [0.4, 0.5) is 23.7 Å². The number of carbonyl (C=O) groups is 1. The third kappa shape index (κ3) is 5.47. The Bertz CT molecular complexity index is 683. The van der Waals surface area contributed by atoms with Crippen LogP contribution in [0.3, 0.4) is 0 Å². The molecule has 0 aliphatic carbocycles. The normalized spacial score (nSPS) is 17.1. The molecule has 0 bridgehead atoms. The summed E-state index contributed by atoms with van der Waals surface area (Å²) in [6.45, 7) is 5.90. The number of alkyl halides is 3. The zero-order valence-corrected chi connectivity index (χ0v) is 15.1. The lowest BCUT2D eigenvalue weighted by molar-refractivity contribution is -0.386. The SMILES string of the molecule is CC(C)(C)OC(=O)N1CCC(n2cc([N+](=O)[O-])c(OC(F)C(F)F)n2)CC1. The Balaban J connectivity index is 2.05. The Morgan fingerprint density at radius 2 is 1.93 bits per heavy atom. The van der Waals surface area contributed by atoms with E-state index in [-0.39, 0.29) is 6.04 Å². The smallest absolute Gasteiger partial charge is 0.410 e. The van der Waals surface area contributed by atoms with Crippen molar-refractivity contribution in [3.8, 4) is 5.88 Å². The van der Waals surface area contributed by atoms with E-state index in [1.807, 2.05) is 0 Å². The summed E-state index contributed by atoms with van der Waals surface area (Å²) in [4.78, 5) is 23.7. The minimum absolute atomic E-state index is 0.326. The van der Waals surface area contributed by atoms with Gasteiger partial charge in [-0.2, -0.15) is 4.39 Å². The number of ether oxygens (including phenoxy) is 2. The summed E-state index contributed by atoms with van der Waals surface area (Å²) in [5.74, 6) is -0.803. The Morgan fingerprint density at radius 3 is 2.41 bits per heavy atom. The van der Waals surface area contributed by atoms with Crippen molar-refractivity contribution >= 4 is 11.8 Å². The maximum atomic E-state index is 13.1. The molecule has 1 aliphatic rings. The lowest BCUT2D eigenvalue weighted by Gasteiger charge is -2.33. The zero-order chi connectivity index (χ0) is 20.4. The van der Waals surface area contributed by atoms with Gasteiger partial charge >= 0.3 is 24.1 Å². The maximum absolute atomic E-state index is 13.1. The van der Waals surface area contributed by atoms with E-state index in [0.717, 1.165) is 6.20 Å². The van der Waals surface area contributed by atoms with E-state index in [1.165, 1.54) is 9.58 Å². The van der Waals surface area contributed by atoms with Gasteiger partial charge in [-0.15, -0.1) is 5.10 Å². The number of halogens is 3. The molecule has 9 nitrogen and oxygen atoms in total. The number of carbonyl (C=O) groups excluding carboxylic acids is 1. The molecule has 1 aromatic rings. The van der Waals surface area contributed by atoms with Crippen LogP contribution in [0, 0.1) is 10.1 Å². The molecule has 2 heterocycles. The molecule has 1 unspecified atom stereocenters. The summed E-state index contributed by atoms with van der Waals surface area (Å²) in [5, 5.41) is 14.8. The first-order chi connectivity index (χ1) is 12.5. The van der Waals surface area contributed by atoms with E-state index in [9.17, 15) is 28.1 Å². The second kappa shape index (κ2) is 8.01. The van der Waals surface area contributed by atoms with Crippen molar-refractivity contribution in [1.29, 1.82) is 0 Å². The van der Waals surface area contributed by atoms with E-state index in [2.05, 4.69) is 9.84 Å². The molecular formula is C15H21F3N4O5. The molecule has 1 aromatic heterocycles. The first-order valence-corrected chi connectivity index (χ1v) is 8.28. The van der Waals surface area contributed by atoms with Crippen LogP contribution in [0.1, 0.15) is 39.7 Å². The van der Waals surface area contributed by atoms with Crippen molar-refractivity contribution in [1.82, 2.24) is 14.7 Å². The lowest BCUT2D eigenvalue weighted by Crippen LogP contribution is -2.42. The van der Waals surface area contributed by atoms with Crippen LogP contribution in [-0.2, 0) is 4.74 Å². The molecule has 0 radical (unpaired) electrons. The molecule has 0 N–H and O–H groups in total. The van der Waals surface area contributed by atoms with Crippen LogP contribution < -0.4 is 4.74 Å². The average Bonchev–Trinajstić information content (AvgIpc) is 2.97. The molecule has 0 spiro atoms. The van der Waals surface area contributed by atoms with Gasteiger partial charge in [-0.25, -0.2) is 13.6 Å². The first-order valence-electron chi connectivity index (χ1n) is 8.28. The van der Waals surface area contributed by atoms with Gasteiger partial charge in [0.1, 0.15) is 11.8 Å². The van der Waals surface area contributed by atoms with Gasteiger partial charge in [-0.05, 0) is 33.6 Å². The monoisotopic (exact) mass is 394 g/mol. The number of nitro groups is 1. The van der Waals surface area contributed by atoms with Gasteiger partial charge in [0.2, 0.25) is 0 Å². The highest BCUT2D eigenvalue weighted by Gasteiger charge is 2.32. The minimum atomic E-state index is -3.45. The fourth-order valence-corrected chi connectivity index (χ4v) is 2.56. The van der Waals surface area contributed by atoms with Crippen molar-refractivity contribution in [3.05, 3.63) is 16.3 Å². The van der Waals surface area contributed by atoms with E-state index < -0.39 is 41.0 Å². The number of piperidine rings is 1. The molecule has 2 rings (SSSR count). The predicted octanol–water partition coefficient (Wildman–Crippen LogP) is 3.30. The summed E-state index contributed by atoms with van der Waals surface area (Å²) in [6, 6.07) is -0.329. The summed E-state index contributed by atoms with van der Waals surface area (Å²) in [7, 11) is 0. The van der Waals surface area contributed by atoms with Crippen molar-refractivity contribution in [2.45, 2.75) is 58.0 Å². The van der Waals surface area contributed by atoms with Gasteiger partial charge in [0.05, 0.1) is 11.0 Å². The molecule has 0 aromatic carbocycles. The quantitative estimate of drug-likeness (QED) is 0.561. The highest BCUT2D eigenvalue weighted by Crippen LogP contribution is 2.31. The van der Waals surface area contributed by atoms with Gasteiger partial charge in [0.15, 0.2) is 0 Å². The van der Waals surface area contributed by atoms with E-state index in [1.54, 1.807) is 20.8 Å².